The number of benzene rings is 1. The Morgan fingerprint density at radius 3 is 2.58 bits per heavy atom. The lowest BCUT2D eigenvalue weighted by Crippen LogP contribution is -2.35. The fourth-order valence-corrected chi connectivity index (χ4v) is 3.27. The van der Waals surface area contributed by atoms with Crippen LogP contribution in [0.25, 0.3) is 0 Å². The van der Waals surface area contributed by atoms with Crippen LogP contribution in [0, 0.1) is 6.92 Å². The van der Waals surface area contributed by atoms with Crippen LogP contribution in [0.5, 0.6) is 0 Å². The number of rotatable bonds is 5. The van der Waals surface area contributed by atoms with Crippen molar-refractivity contribution < 1.29 is 4.79 Å². The average molecular weight is 324 g/mol. The number of likely N-dealkylation sites (tertiary alicyclic amines) is 1. The highest BCUT2D eigenvalue weighted by Crippen LogP contribution is 2.26. The molecule has 0 unspecified atom stereocenters. The quantitative estimate of drug-likeness (QED) is 0.916. The van der Waals surface area contributed by atoms with Crippen molar-refractivity contribution in [2.75, 3.05) is 19.6 Å². The molecule has 1 aliphatic rings. The molecule has 2 heterocycles. The highest BCUT2D eigenvalue weighted by Gasteiger charge is 2.23. The second-order valence-electron chi connectivity index (χ2n) is 6.44. The summed E-state index contributed by atoms with van der Waals surface area (Å²) in [6.45, 7) is 5.05. The third kappa shape index (κ3) is 3.97. The van der Waals surface area contributed by atoms with Crippen LogP contribution in [0.1, 0.15) is 46.2 Å². The number of amides is 1. The topological polar surface area (TPSA) is 72.1 Å². The maximum Gasteiger partial charge on any atom is 0.252 e. The van der Waals surface area contributed by atoms with Gasteiger partial charge in [0.2, 0.25) is 0 Å². The fourth-order valence-electron chi connectivity index (χ4n) is 3.27. The summed E-state index contributed by atoms with van der Waals surface area (Å²) in [5, 5.41) is 0. The second kappa shape index (κ2) is 7.53. The molecule has 1 saturated heterocycles. The molecule has 1 amide bonds. The van der Waals surface area contributed by atoms with Crippen LogP contribution in [0.4, 0.5) is 0 Å². The van der Waals surface area contributed by atoms with Crippen molar-refractivity contribution in [2.24, 2.45) is 5.73 Å². The molecule has 0 saturated carbocycles. The Hall–Kier alpha value is -2.27. The number of primary amides is 1. The molecule has 126 valence electrons. The summed E-state index contributed by atoms with van der Waals surface area (Å²) in [5.41, 5.74) is 7.80. The predicted molar refractivity (Wildman–Crippen MR) is 93.8 cm³/mol. The van der Waals surface area contributed by atoms with Crippen LogP contribution in [0.2, 0.25) is 0 Å². The van der Waals surface area contributed by atoms with Gasteiger partial charge in [-0.3, -0.25) is 4.79 Å². The summed E-state index contributed by atoms with van der Waals surface area (Å²) in [5.74, 6) is 0.758. The van der Waals surface area contributed by atoms with E-state index in [2.05, 4.69) is 45.2 Å². The molecular weight excluding hydrogens is 300 g/mol. The number of aryl methyl sites for hydroxylation is 1. The molecule has 5 nitrogen and oxygen atoms in total. The van der Waals surface area contributed by atoms with Gasteiger partial charge in [-0.15, -0.1) is 0 Å². The van der Waals surface area contributed by atoms with E-state index in [1.54, 1.807) is 6.20 Å². The van der Waals surface area contributed by atoms with Gasteiger partial charge in [-0.1, -0.05) is 30.3 Å². The maximum atomic E-state index is 11.3. The summed E-state index contributed by atoms with van der Waals surface area (Å²) in [6, 6.07) is 10.6. The third-order valence-electron chi connectivity index (χ3n) is 4.78. The Morgan fingerprint density at radius 1 is 1.25 bits per heavy atom. The van der Waals surface area contributed by atoms with E-state index in [1.807, 2.05) is 6.92 Å². The first-order valence-corrected chi connectivity index (χ1v) is 8.53. The molecule has 2 aromatic rings. The summed E-state index contributed by atoms with van der Waals surface area (Å²) < 4.78 is 0. The Kier molecular flexibility index (Phi) is 5.20. The molecule has 1 aromatic heterocycles. The number of carbonyl (C=O) groups excluding carboxylic acids is 1. The molecule has 0 aliphatic carbocycles. The van der Waals surface area contributed by atoms with Gasteiger partial charge in [0.1, 0.15) is 5.82 Å². The average Bonchev–Trinajstić information content (AvgIpc) is 2.61. The molecule has 2 N–H and O–H groups in total. The van der Waals surface area contributed by atoms with Gasteiger partial charge in [0.05, 0.1) is 11.3 Å². The van der Waals surface area contributed by atoms with Gasteiger partial charge < -0.3 is 10.6 Å². The van der Waals surface area contributed by atoms with E-state index in [1.165, 1.54) is 5.56 Å². The van der Waals surface area contributed by atoms with Gasteiger partial charge in [0.25, 0.3) is 5.91 Å². The molecule has 5 heteroatoms. The Balaban J connectivity index is 1.53. The van der Waals surface area contributed by atoms with Gasteiger partial charge in [-0.05, 0) is 44.8 Å². The minimum absolute atomic E-state index is 0.374. The smallest absolute Gasteiger partial charge is 0.252 e. The van der Waals surface area contributed by atoms with E-state index in [0.717, 1.165) is 44.7 Å². The lowest BCUT2D eigenvalue weighted by Gasteiger charge is -2.31. The monoisotopic (exact) mass is 324 g/mol. The van der Waals surface area contributed by atoms with Crippen molar-refractivity contribution in [3.63, 3.8) is 0 Å². The van der Waals surface area contributed by atoms with E-state index in [9.17, 15) is 4.79 Å². The van der Waals surface area contributed by atoms with Crippen molar-refractivity contribution in [3.8, 4) is 0 Å². The van der Waals surface area contributed by atoms with Crippen molar-refractivity contribution in [1.29, 1.82) is 0 Å². The second-order valence-corrected chi connectivity index (χ2v) is 6.44. The summed E-state index contributed by atoms with van der Waals surface area (Å²) >= 11 is 0. The van der Waals surface area contributed by atoms with Crippen molar-refractivity contribution >= 4 is 5.91 Å². The number of aromatic nitrogens is 2. The van der Waals surface area contributed by atoms with E-state index < -0.39 is 5.91 Å². The van der Waals surface area contributed by atoms with Crippen LogP contribution in [0.3, 0.4) is 0 Å². The van der Waals surface area contributed by atoms with Crippen LogP contribution < -0.4 is 5.73 Å². The van der Waals surface area contributed by atoms with Crippen LogP contribution in [0.15, 0.2) is 36.5 Å². The minimum Gasteiger partial charge on any atom is -0.365 e. The van der Waals surface area contributed by atoms with Crippen molar-refractivity contribution in [1.82, 2.24) is 14.9 Å². The largest absolute Gasteiger partial charge is 0.365 e. The lowest BCUT2D eigenvalue weighted by molar-refractivity contribution is 0.0998. The van der Waals surface area contributed by atoms with Crippen LogP contribution in [-0.4, -0.2) is 40.4 Å². The molecular formula is C19H24N4O. The first-order valence-electron chi connectivity index (χ1n) is 8.53. The molecule has 0 spiro atoms. The van der Waals surface area contributed by atoms with Crippen molar-refractivity contribution in [2.45, 2.75) is 32.1 Å². The van der Waals surface area contributed by atoms with Crippen LogP contribution >= 0.6 is 0 Å². The zero-order valence-electron chi connectivity index (χ0n) is 14.1. The number of nitrogens with two attached hydrogens (primary N) is 1. The Morgan fingerprint density at radius 2 is 1.96 bits per heavy atom. The van der Waals surface area contributed by atoms with E-state index in [0.29, 0.717) is 17.2 Å². The summed E-state index contributed by atoms with van der Waals surface area (Å²) in [7, 11) is 0. The highest BCUT2D eigenvalue weighted by molar-refractivity contribution is 5.93. The van der Waals surface area contributed by atoms with Gasteiger partial charge in [0.15, 0.2) is 0 Å². The van der Waals surface area contributed by atoms with E-state index in [4.69, 9.17) is 5.73 Å². The molecule has 0 atom stereocenters. The zero-order chi connectivity index (χ0) is 16.9. The molecule has 1 fully saturated rings. The fraction of sp³-hybridized carbons (Fsp3) is 0.421. The van der Waals surface area contributed by atoms with Crippen LogP contribution in [-0.2, 0) is 6.42 Å². The minimum atomic E-state index is -0.463. The molecule has 0 radical (unpaired) electrons. The van der Waals surface area contributed by atoms with Gasteiger partial charge in [0, 0.05) is 18.7 Å². The first-order chi connectivity index (χ1) is 11.6. The van der Waals surface area contributed by atoms with Gasteiger partial charge >= 0.3 is 0 Å². The molecule has 3 rings (SSSR count). The number of nitrogens with zero attached hydrogens (tertiary/aromatic N) is 3. The standard InChI is InChI=1S/C19H24N4O/c1-14-17(18(20)24)13-21-19(22-14)16-8-11-23(12-9-16)10-7-15-5-3-2-4-6-15/h2-6,13,16H,7-12H2,1H3,(H2,20,24). The van der Waals surface area contributed by atoms with E-state index >= 15 is 0 Å². The third-order valence-corrected chi connectivity index (χ3v) is 4.78. The van der Waals surface area contributed by atoms with Gasteiger partial charge in [-0.2, -0.15) is 0 Å². The molecule has 0 bridgehead atoms. The number of carbonyl (C=O) groups is 1. The van der Waals surface area contributed by atoms with E-state index in [-0.39, 0.29) is 0 Å². The highest BCUT2D eigenvalue weighted by atomic mass is 16.1. The Bertz CT molecular complexity index is 694. The van der Waals surface area contributed by atoms with Gasteiger partial charge in [-0.25, -0.2) is 9.97 Å². The molecule has 1 aliphatic heterocycles. The normalized spacial score (nSPS) is 16.2. The first kappa shape index (κ1) is 16.6. The number of piperidine rings is 1. The number of hydrogen-bond acceptors (Lipinski definition) is 4. The zero-order valence-corrected chi connectivity index (χ0v) is 14.1. The number of hydrogen-bond donors (Lipinski definition) is 1. The lowest BCUT2D eigenvalue weighted by atomic mass is 9.95. The maximum absolute atomic E-state index is 11.3. The summed E-state index contributed by atoms with van der Waals surface area (Å²) in [6.07, 6.45) is 4.78. The summed E-state index contributed by atoms with van der Waals surface area (Å²) in [4.78, 5) is 22.7. The molecule has 24 heavy (non-hydrogen) atoms. The SMILES string of the molecule is Cc1nc(C2CCN(CCc3ccccc3)CC2)ncc1C(N)=O. The Labute approximate surface area is 142 Å². The predicted octanol–water partition coefficient (Wildman–Crippen LogP) is 2.31. The van der Waals surface area contributed by atoms with Crippen molar-refractivity contribution in [3.05, 3.63) is 59.2 Å². The molecule has 1 aromatic carbocycles.